The molecule has 1 unspecified atom stereocenters. The van der Waals surface area contributed by atoms with Crippen molar-refractivity contribution in [3.63, 3.8) is 0 Å². The summed E-state index contributed by atoms with van der Waals surface area (Å²) in [5.41, 5.74) is 3.51. The number of nitrogens with one attached hydrogen (secondary N) is 1. The van der Waals surface area contributed by atoms with Gasteiger partial charge in [0.2, 0.25) is 5.91 Å². The van der Waals surface area contributed by atoms with Gasteiger partial charge in [-0.1, -0.05) is 36.4 Å². The average molecular weight is 483 g/mol. The van der Waals surface area contributed by atoms with Gasteiger partial charge in [-0.15, -0.1) is 0 Å². The van der Waals surface area contributed by atoms with E-state index in [2.05, 4.69) is 34.0 Å². The predicted octanol–water partition coefficient (Wildman–Crippen LogP) is 4.87. The molecule has 182 valence electrons. The van der Waals surface area contributed by atoms with Crippen LogP contribution in [0.15, 0.2) is 77.9 Å². The molecule has 1 aliphatic heterocycles. The molecule has 0 saturated carbocycles. The standard InChI is InChI=1S/C28H26N4O4/c1-3-31-24-12-8-7-11-21(24)22-17-19(13-15-25(22)31)29-27(34)18(2)36-28(35)23-14-16-26(33)32(30-23)20-9-5-4-6-10-20/h4-13,15,17-18H,3,14,16H2,1-2H3,(H,29,34). The molecule has 1 atom stereocenters. The Labute approximate surface area is 208 Å². The maximum Gasteiger partial charge on any atom is 0.355 e. The number of amides is 2. The van der Waals surface area contributed by atoms with E-state index < -0.39 is 18.0 Å². The van der Waals surface area contributed by atoms with Crippen molar-refractivity contribution in [3.05, 3.63) is 72.8 Å². The minimum absolute atomic E-state index is 0.104. The Morgan fingerprint density at radius 2 is 1.69 bits per heavy atom. The Morgan fingerprint density at radius 3 is 2.47 bits per heavy atom. The number of benzene rings is 3. The summed E-state index contributed by atoms with van der Waals surface area (Å²) in [5, 5.41) is 10.4. The summed E-state index contributed by atoms with van der Waals surface area (Å²) in [5.74, 6) is -1.37. The molecular weight excluding hydrogens is 456 g/mol. The topological polar surface area (TPSA) is 93.0 Å². The lowest BCUT2D eigenvalue weighted by molar-refractivity contribution is -0.146. The number of nitrogens with zero attached hydrogens (tertiary/aromatic N) is 3. The van der Waals surface area contributed by atoms with Crippen LogP contribution in [-0.4, -0.2) is 34.2 Å². The van der Waals surface area contributed by atoms with Crippen molar-refractivity contribution in [2.75, 3.05) is 10.3 Å². The number of esters is 1. The van der Waals surface area contributed by atoms with Crippen LogP contribution in [0.4, 0.5) is 11.4 Å². The molecule has 1 N–H and O–H groups in total. The fourth-order valence-corrected chi connectivity index (χ4v) is 4.47. The number of fused-ring (bicyclic) bond motifs is 3. The molecule has 0 spiro atoms. The van der Waals surface area contributed by atoms with Crippen molar-refractivity contribution in [3.8, 4) is 0 Å². The van der Waals surface area contributed by atoms with Crippen molar-refractivity contribution in [1.29, 1.82) is 0 Å². The van der Waals surface area contributed by atoms with E-state index in [1.807, 2.05) is 36.4 Å². The number of hydrazone groups is 1. The van der Waals surface area contributed by atoms with Crippen molar-refractivity contribution in [2.45, 2.75) is 39.3 Å². The van der Waals surface area contributed by atoms with Crippen LogP contribution < -0.4 is 10.3 Å². The number of para-hydroxylation sites is 2. The lowest BCUT2D eigenvalue weighted by Crippen LogP contribution is -2.37. The van der Waals surface area contributed by atoms with Crippen molar-refractivity contribution in [1.82, 2.24) is 4.57 Å². The van der Waals surface area contributed by atoms with Gasteiger partial charge >= 0.3 is 5.97 Å². The zero-order valence-corrected chi connectivity index (χ0v) is 20.1. The van der Waals surface area contributed by atoms with E-state index in [0.717, 1.165) is 28.4 Å². The van der Waals surface area contributed by atoms with Gasteiger partial charge in [0, 0.05) is 46.9 Å². The first-order chi connectivity index (χ1) is 17.5. The minimum Gasteiger partial charge on any atom is -0.448 e. The monoisotopic (exact) mass is 482 g/mol. The van der Waals surface area contributed by atoms with Crippen LogP contribution >= 0.6 is 0 Å². The molecule has 36 heavy (non-hydrogen) atoms. The van der Waals surface area contributed by atoms with Gasteiger partial charge in [-0.3, -0.25) is 9.59 Å². The summed E-state index contributed by atoms with van der Waals surface area (Å²) in [4.78, 5) is 37.9. The number of hydrogen-bond donors (Lipinski definition) is 1. The summed E-state index contributed by atoms with van der Waals surface area (Å²) >= 11 is 0. The second kappa shape index (κ2) is 9.65. The molecule has 0 radical (unpaired) electrons. The van der Waals surface area contributed by atoms with Crippen LogP contribution in [0.2, 0.25) is 0 Å². The molecule has 1 aliphatic rings. The molecule has 0 fully saturated rings. The van der Waals surface area contributed by atoms with Gasteiger partial charge < -0.3 is 14.6 Å². The highest BCUT2D eigenvalue weighted by atomic mass is 16.5. The van der Waals surface area contributed by atoms with E-state index in [0.29, 0.717) is 11.4 Å². The van der Waals surface area contributed by atoms with E-state index in [1.54, 1.807) is 24.3 Å². The second-order valence-electron chi connectivity index (χ2n) is 8.62. The highest BCUT2D eigenvalue weighted by Gasteiger charge is 2.28. The van der Waals surface area contributed by atoms with Gasteiger partial charge in [0.05, 0.1) is 5.69 Å². The first kappa shape index (κ1) is 23.3. The first-order valence-electron chi connectivity index (χ1n) is 11.9. The molecule has 1 aromatic heterocycles. The van der Waals surface area contributed by atoms with Gasteiger partial charge in [0.1, 0.15) is 5.71 Å². The fraction of sp³-hybridized carbons (Fsp3) is 0.214. The van der Waals surface area contributed by atoms with Crippen LogP contribution in [0.25, 0.3) is 21.8 Å². The number of ether oxygens (including phenoxy) is 1. The van der Waals surface area contributed by atoms with E-state index in [-0.39, 0.29) is 24.5 Å². The van der Waals surface area contributed by atoms with E-state index in [1.165, 1.54) is 11.9 Å². The number of carbonyl (C=O) groups is 3. The number of anilines is 2. The third kappa shape index (κ3) is 4.33. The predicted molar refractivity (Wildman–Crippen MR) is 140 cm³/mol. The molecule has 3 aromatic carbocycles. The van der Waals surface area contributed by atoms with Crippen molar-refractivity contribution >= 4 is 56.7 Å². The van der Waals surface area contributed by atoms with Gasteiger partial charge in [-0.2, -0.15) is 5.10 Å². The lowest BCUT2D eigenvalue weighted by atomic mass is 10.1. The van der Waals surface area contributed by atoms with E-state index >= 15 is 0 Å². The second-order valence-corrected chi connectivity index (χ2v) is 8.62. The largest absolute Gasteiger partial charge is 0.448 e. The van der Waals surface area contributed by atoms with Crippen molar-refractivity contribution < 1.29 is 19.1 Å². The molecule has 2 amide bonds. The quantitative estimate of drug-likeness (QED) is 0.397. The van der Waals surface area contributed by atoms with Gasteiger partial charge in [0.25, 0.3) is 5.91 Å². The molecule has 2 heterocycles. The third-order valence-corrected chi connectivity index (χ3v) is 6.28. The number of aromatic nitrogens is 1. The smallest absolute Gasteiger partial charge is 0.355 e. The summed E-state index contributed by atoms with van der Waals surface area (Å²) in [7, 11) is 0. The van der Waals surface area contributed by atoms with E-state index in [4.69, 9.17) is 4.74 Å². The Hall–Kier alpha value is -4.46. The van der Waals surface area contributed by atoms with Crippen LogP contribution in [0.1, 0.15) is 26.7 Å². The number of carbonyl (C=O) groups excluding carboxylic acids is 3. The lowest BCUT2D eigenvalue weighted by Gasteiger charge is -2.23. The summed E-state index contributed by atoms with van der Waals surface area (Å²) in [6.45, 7) is 4.45. The van der Waals surface area contributed by atoms with Crippen LogP contribution in [-0.2, 0) is 25.7 Å². The van der Waals surface area contributed by atoms with Gasteiger partial charge in [-0.25, -0.2) is 9.80 Å². The molecule has 0 aliphatic carbocycles. The Bertz CT molecular complexity index is 1510. The van der Waals surface area contributed by atoms with Crippen LogP contribution in [0.3, 0.4) is 0 Å². The first-order valence-corrected chi connectivity index (χ1v) is 11.9. The summed E-state index contributed by atoms with van der Waals surface area (Å²) in [6, 6.07) is 22.8. The summed E-state index contributed by atoms with van der Waals surface area (Å²) in [6.07, 6.45) is -0.752. The van der Waals surface area contributed by atoms with Gasteiger partial charge in [0.15, 0.2) is 6.10 Å². The Kier molecular flexibility index (Phi) is 6.25. The highest BCUT2D eigenvalue weighted by molar-refractivity contribution is 6.38. The number of hydrogen-bond acceptors (Lipinski definition) is 5. The zero-order chi connectivity index (χ0) is 25.2. The Balaban J connectivity index is 1.30. The molecule has 0 saturated heterocycles. The Morgan fingerprint density at radius 1 is 0.972 bits per heavy atom. The highest BCUT2D eigenvalue weighted by Crippen LogP contribution is 2.31. The fourth-order valence-electron chi connectivity index (χ4n) is 4.47. The average Bonchev–Trinajstić information content (AvgIpc) is 3.22. The third-order valence-electron chi connectivity index (χ3n) is 6.28. The van der Waals surface area contributed by atoms with Crippen LogP contribution in [0, 0.1) is 0 Å². The van der Waals surface area contributed by atoms with Crippen molar-refractivity contribution in [2.24, 2.45) is 5.10 Å². The van der Waals surface area contributed by atoms with Crippen LogP contribution in [0.5, 0.6) is 0 Å². The normalized spacial score (nSPS) is 14.6. The molecule has 8 nitrogen and oxygen atoms in total. The number of aryl methyl sites for hydroxylation is 1. The molecule has 5 rings (SSSR count). The van der Waals surface area contributed by atoms with Gasteiger partial charge in [-0.05, 0) is 50.2 Å². The van der Waals surface area contributed by atoms with E-state index in [9.17, 15) is 14.4 Å². The molecule has 8 heteroatoms. The SMILES string of the molecule is CCn1c2ccccc2c2cc(NC(=O)C(C)OC(=O)C3=NN(c4ccccc4)C(=O)CC3)ccc21. The molecular formula is C28H26N4O4. The number of rotatable bonds is 6. The zero-order valence-electron chi connectivity index (χ0n) is 20.1. The summed E-state index contributed by atoms with van der Waals surface area (Å²) < 4.78 is 7.63. The molecule has 0 bridgehead atoms. The molecule has 4 aromatic rings. The maximum absolute atomic E-state index is 12.8. The minimum atomic E-state index is -1.05. The maximum atomic E-state index is 12.8.